The summed E-state index contributed by atoms with van der Waals surface area (Å²) >= 11 is 1.12. The quantitative estimate of drug-likeness (QED) is 0.538. The Labute approximate surface area is 162 Å². The maximum atomic E-state index is 12.2. The maximum Gasteiger partial charge on any atom is 0.200 e. The zero-order valence-electron chi connectivity index (χ0n) is 15.2. The van der Waals surface area contributed by atoms with Crippen LogP contribution in [0.2, 0.25) is 0 Å². The molecule has 1 fully saturated rings. The standard InChI is InChI=1S/C21H20O5S/c1-21(19(23)11-20(24)27-21)12-14-6-8-16(9-7-14)26-13-18(22)15-4-3-5-17(10-15)25-2/h3-10H,11-13H2,1-2H3/t21-/m1/s1. The predicted molar refractivity (Wildman–Crippen MR) is 104 cm³/mol. The fourth-order valence-corrected chi connectivity index (χ4v) is 4.05. The van der Waals surface area contributed by atoms with Gasteiger partial charge in [-0.1, -0.05) is 36.0 Å². The zero-order chi connectivity index (χ0) is 19.4. The molecule has 0 bridgehead atoms. The molecule has 0 aliphatic carbocycles. The number of methoxy groups -OCH3 is 1. The van der Waals surface area contributed by atoms with Gasteiger partial charge >= 0.3 is 0 Å². The topological polar surface area (TPSA) is 69.7 Å². The summed E-state index contributed by atoms with van der Waals surface area (Å²) in [4.78, 5) is 35.8. The molecule has 0 radical (unpaired) electrons. The van der Waals surface area contributed by atoms with Gasteiger partial charge in [-0.05, 0) is 43.2 Å². The van der Waals surface area contributed by atoms with Crippen LogP contribution in [0.25, 0.3) is 0 Å². The summed E-state index contributed by atoms with van der Waals surface area (Å²) in [5.74, 6) is 1.02. The second-order valence-electron chi connectivity index (χ2n) is 6.57. The van der Waals surface area contributed by atoms with Gasteiger partial charge in [0.05, 0.1) is 18.3 Å². The Balaban J connectivity index is 1.58. The Kier molecular flexibility index (Phi) is 5.65. The Morgan fingerprint density at radius 3 is 2.48 bits per heavy atom. The minimum atomic E-state index is -0.693. The van der Waals surface area contributed by atoms with Crippen molar-refractivity contribution in [2.75, 3.05) is 13.7 Å². The van der Waals surface area contributed by atoms with E-state index < -0.39 is 4.75 Å². The van der Waals surface area contributed by atoms with Gasteiger partial charge in [-0.2, -0.15) is 0 Å². The molecule has 1 aliphatic rings. The van der Waals surface area contributed by atoms with Crippen LogP contribution in [0.4, 0.5) is 0 Å². The third-order valence-corrected chi connectivity index (χ3v) is 5.65. The monoisotopic (exact) mass is 384 g/mol. The van der Waals surface area contributed by atoms with Crippen molar-refractivity contribution in [3.8, 4) is 11.5 Å². The smallest absolute Gasteiger partial charge is 0.200 e. The van der Waals surface area contributed by atoms with Crippen molar-refractivity contribution in [1.82, 2.24) is 0 Å². The van der Waals surface area contributed by atoms with Crippen molar-refractivity contribution in [3.63, 3.8) is 0 Å². The lowest BCUT2D eigenvalue weighted by Crippen LogP contribution is -2.29. The average molecular weight is 384 g/mol. The van der Waals surface area contributed by atoms with Gasteiger partial charge in [-0.15, -0.1) is 0 Å². The van der Waals surface area contributed by atoms with Crippen molar-refractivity contribution in [1.29, 1.82) is 0 Å². The number of Topliss-reactive ketones (excluding diaryl/α,β-unsaturated/α-hetero) is 2. The Hall–Kier alpha value is -2.60. The van der Waals surface area contributed by atoms with E-state index in [0.717, 1.165) is 17.3 Å². The van der Waals surface area contributed by atoms with Crippen LogP contribution in [0.3, 0.4) is 0 Å². The number of thioether (sulfide) groups is 1. The van der Waals surface area contributed by atoms with Crippen molar-refractivity contribution in [2.45, 2.75) is 24.5 Å². The van der Waals surface area contributed by atoms with E-state index in [1.807, 2.05) is 19.1 Å². The minimum absolute atomic E-state index is 0.00868. The summed E-state index contributed by atoms with van der Waals surface area (Å²) < 4.78 is 9.99. The molecule has 3 rings (SSSR count). The van der Waals surface area contributed by atoms with Crippen LogP contribution < -0.4 is 9.47 Å². The van der Waals surface area contributed by atoms with Gasteiger partial charge < -0.3 is 9.47 Å². The summed E-state index contributed by atoms with van der Waals surface area (Å²) in [5.41, 5.74) is 1.47. The van der Waals surface area contributed by atoms with Gasteiger partial charge in [0.2, 0.25) is 0 Å². The minimum Gasteiger partial charge on any atom is -0.497 e. The molecule has 0 unspecified atom stereocenters. The van der Waals surface area contributed by atoms with Gasteiger partial charge in [-0.3, -0.25) is 14.4 Å². The van der Waals surface area contributed by atoms with Crippen LogP contribution in [-0.2, 0) is 16.0 Å². The molecular weight excluding hydrogens is 364 g/mol. The molecule has 0 aromatic heterocycles. The SMILES string of the molecule is COc1cccc(C(=O)COc2ccc(C[C@@]3(C)SC(=O)CC3=O)cc2)c1. The number of carbonyl (C=O) groups is 3. The number of rotatable bonds is 7. The van der Waals surface area contributed by atoms with Crippen LogP contribution >= 0.6 is 11.8 Å². The van der Waals surface area contributed by atoms with Crippen molar-refractivity contribution < 1.29 is 23.9 Å². The van der Waals surface area contributed by atoms with E-state index in [0.29, 0.717) is 23.5 Å². The summed E-state index contributed by atoms with van der Waals surface area (Å²) in [6, 6.07) is 14.2. The first-order valence-electron chi connectivity index (χ1n) is 8.54. The van der Waals surface area contributed by atoms with Crippen LogP contribution in [0.1, 0.15) is 29.3 Å². The largest absolute Gasteiger partial charge is 0.497 e. The Morgan fingerprint density at radius 1 is 1.11 bits per heavy atom. The normalized spacial score (nSPS) is 19.2. The second-order valence-corrected chi connectivity index (χ2v) is 8.13. The molecule has 6 heteroatoms. The highest BCUT2D eigenvalue weighted by atomic mass is 32.2. The molecule has 2 aromatic rings. The molecule has 27 heavy (non-hydrogen) atoms. The van der Waals surface area contributed by atoms with E-state index in [2.05, 4.69) is 0 Å². The number of ether oxygens (including phenoxy) is 2. The predicted octanol–water partition coefficient (Wildman–Crippen LogP) is 3.49. The van der Waals surface area contributed by atoms with Crippen LogP contribution in [0.15, 0.2) is 48.5 Å². The molecule has 2 aromatic carbocycles. The highest BCUT2D eigenvalue weighted by molar-refractivity contribution is 8.16. The molecule has 0 saturated carbocycles. The van der Waals surface area contributed by atoms with Crippen LogP contribution in [0, 0.1) is 0 Å². The summed E-state index contributed by atoms with van der Waals surface area (Å²) in [6.45, 7) is 1.73. The van der Waals surface area contributed by atoms with Gasteiger partial charge in [0, 0.05) is 5.56 Å². The molecular formula is C21H20O5S. The molecule has 0 spiro atoms. The summed E-state index contributed by atoms with van der Waals surface area (Å²) in [6.07, 6.45) is 0.500. The molecule has 140 valence electrons. The molecule has 1 aliphatic heterocycles. The average Bonchev–Trinajstić information content (AvgIpc) is 2.92. The van der Waals surface area contributed by atoms with Gasteiger partial charge in [0.25, 0.3) is 0 Å². The molecule has 0 N–H and O–H groups in total. The number of benzene rings is 2. The number of ketones is 2. The van der Waals surface area contributed by atoms with E-state index >= 15 is 0 Å². The van der Waals surface area contributed by atoms with Gasteiger partial charge in [0.15, 0.2) is 23.3 Å². The lowest BCUT2D eigenvalue weighted by atomic mass is 9.95. The number of carbonyl (C=O) groups excluding carboxylic acids is 3. The molecule has 1 saturated heterocycles. The fraction of sp³-hybridized carbons (Fsp3) is 0.286. The van der Waals surface area contributed by atoms with E-state index in [4.69, 9.17) is 9.47 Å². The maximum absolute atomic E-state index is 12.2. The number of hydrogen-bond acceptors (Lipinski definition) is 6. The first-order chi connectivity index (χ1) is 12.9. The van der Waals surface area contributed by atoms with Crippen LogP contribution in [0.5, 0.6) is 11.5 Å². The molecule has 1 heterocycles. The van der Waals surface area contributed by atoms with Crippen molar-refractivity contribution in [2.24, 2.45) is 0 Å². The van der Waals surface area contributed by atoms with Crippen molar-refractivity contribution in [3.05, 3.63) is 59.7 Å². The molecule has 5 nitrogen and oxygen atoms in total. The van der Waals surface area contributed by atoms with Crippen LogP contribution in [-0.4, -0.2) is 35.1 Å². The molecule has 1 atom stereocenters. The van der Waals surface area contributed by atoms with E-state index in [9.17, 15) is 14.4 Å². The Morgan fingerprint density at radius 2 is 1.85 bits per heavy atom. The lowest BCUT2D eigenvalue weighted by Gasteiger charge is -2.19. The Bertz CT molecular complexity index is 874. The first-order valence-corrected chi connectivity index (χ1v) is 9.35. The van der Waals surface area contributed by atoms with Gasteiger partial charge in [-0.25, -0.2) is 0 Å². The zero-order valence-corrected chi connectivity index (χ0v) is 16.0. The first kappa shape index (κ1) is 19.2. The third kappa shape index (κ3) is 4.57. The van der Waals surface area contributed by atoms with E-state index in [1.54, 1.807) is 43.5 Å². The van der Waals surface area contributed by atoms with Crippen molar-refractivity contribution >= 4 is 28.4 Å². The fourth-order valence-electron chi connectivity index (χ4n) is 2.92. The summed E-state index contributed by atoms with van der Waals surface area (Å²) in [5, 5.41) is -0.0708. The summed E-state index contributed by atoms with van der Waals surface area (Å²) in [7, 11) is 1.55. The van der Waals surface area contributed by atoms with Gasteiger partial charge in [0.1, 0.15) is 11.5 Å². The second kappa shape index (κ2) is 7.96. The van der Waals surface area contributed by atoms with E-state index in [1.165, 1.54) is 0 Å². The highest BCUT2D eigenvalue weighted by Gasteiger charge is 2.43. The highest BCUT2D eigenvalue weighted by Crippen LogP contribution is 2.38. The van der Waals surface area contributed by atoms with E-state index in [-0.39, 0.29) is 29.7 Å². The third-order valence-electron chi connectivity index (χ3n) is 4.46. The molecule has 0 amide bonds. The number of hydrogen-bond donors (Lipinski definition) is 0. The lowest BCUT2D eigenvalue weighted by molar-refractivity contribution is -0.123.